The van der Waals surface area contributed by atoms with Crippen LogP contribution in [0.15, 0.2) is 65.8 Å². The van der Waals surface area contributed by atoms with E-state index in [1.807, 2.05) is 56.3 Å². The highest BCUT2D eigenvalue weighted by Crippen LogP contribution is 2.34. The molecule has 3 rings (SSSR count). The van der Waals surface area contributed by atoms with E-state index in [4.69, 9.17) is 18.9 Å². The van der Waals surface area contributed by atoms with Crippen molar-refractivity contribution >= 4 is 34.7 Å². The number of hydrogen-bond acceptors (Lipinski definition) is 6. The molecule has 0 saturated carbocycles. The summed E-state index contributed by atoms with van der Waals surface area (Å²) in [6, 6.07) is 18.7. The van der Waals surface area contributed by atoms with Crippen LogP contribution in [0.2, 0.25) is 0 Å². The van der Waals surface area contributed by atoms with Crippen LogP contribution in [0.1, 0.15) is 48.7 Å². The van der Waals surface area contributed by atoms with Crippen LogP contribution >= 0.6 is 22.6 Å². The molecule has 0 unspecified atom stereocenters. The van der Waals surface area contributed by atoms with E-state index in [1.54, 1.807) is 24.4 Å². The summed E-state index contributed by atoms with van der Waals surface area (Å²) in [6.07, 6.45) is 2.48. The number of carbonyl (C=O) groups is 1. The lowest BCUT2D eigenvalue weighted by Gasteiger charge is -2.14. The van der Waals surface area contributed by atoms with Gasteiger partial charge in [0.15, 0.2) is 23.0 Å². The SMILES string of the molecule is CCCOc1c(I)cc(/C=N/NC(=O)c2ccc(OCc3ccccc3)c(OCC)c2)cc1OCC. The second-order valence-electron chi connectivity index (χ2n) is 7.68. The van der Waals surface area contributed by atoms with Gasteiger partial charge in [-0.2, -0.15) is 5.10 Å². The Labute approximate surface area is 225 Å². The van der Waals surface area contributed by atoms with Crippen molar-refractivity contribution in [1.82, 2.24) is 5.43 Å². The number of benzene rings is 3. The number of carbonyl (C=O) groups excluding carboxylic acids is 1. The van der Waals surface area contributed by atoms with Crippen LogP contribution in [0.25, 0.3) is 0 Å². The Balaban J connectivity index is 1.69. The molecule has 1 N–H and O–H groups in total. The summed E-state index contributed by atoms with van der Waals surface area (Å²) in [6.45, 7) is 7.84. The first-order chi connectivity index (χ1) is 17.5. The minimum atomic E-state index is -0.357. The molecule has 0 radical (unpaired) electrons. The predicted octanol–water partition coefficient (Wildman–Crippen LogP) is 6.22. The van der Waals surface area contributed by atoms with E-state index < -0.39 is 0 Å². The number of nitrogens with one attached hydrogen (secondary N) is 1. The molecule has 0 aliphatic rings. The smallest absolute Gasteiger partial charge is 0.271 e. The normalized spacial score (nSPS) is 10.8. The van der Waals surface area contributed by atoms with Crippen molar-refractivity contribution < 1.29 is 23.7 Å². The van der Waals surface area contributed by atoms with Crippen molar-refractivity contribution in [2.75, 3.05) is 19.8 Å². The lowest BCUT2D eigenvalue weighted by molar-refractivity contribution is 0.0954. The lowest BCUT2D eigenvalue weighted by Crippen LogP contribution is -2.17. The van der Waals surface area contributed by atoms with Gasteiger partial charge in [-0.25, -0.2) is 5.43 Å². The van der Waals surface area contributed by atoms with Gasteiger partial charge in [-0.15, -0.1) is 0 Å². The van der Waals surface area contributed by atoms with Crippen LogP contribution < -0.4 is 24.4 Å². The average molecular weight is 602 g/mol. The van der Waals surface area contributed by atoms with Gasteiger partial charge < -0.3 is 18.9 Å². The van der Waals surface area contributed by atoms with Gasteiger partial charge in [0.25, 0.3) is 5.91 Å². The zero-order chi connectivity index (χ0) is 25.8. The van der Waals surface area contributed by atoms with Crippen LogP contribution in [-0.4, -0.2) is 31.9 Å². The molecule has 0 atom stereocenters. The van der Waals surface area contributed by atoms with Gasteiger partial charge in [0, 0.05) is 5.56 Å². The Hall–Kier alpha value is -3.27. The van der Waals surface area contributed by atoms with E-state index in [0.29, 0.717) is 49.2 Å². The molecule has 0 saturated heterocycles. The largest absolute Gasteiger partial charge is 0.490 e. The Kier molecular flexibility index (Phi) is 10.9. The Morgan fingerprint density at radius 3 is 2.36 bits per heavy atom. The molecule has 0 heterocycles. The third-order valence-corrected chi connectivity index (χ3v) is 5.71. The quantitative estimate of drug-likeness (QED) is 0.143. The molecule has 0 spiro atoms. The fraction of sp³-hybridized carbons (Fsp3) is 0.286. The average Bonchev–Trinajstić information content (AvgIpc) is 2.88. The molecule has 1 amide bonds. The van der Waals surface area contributed by atoms with Gasteiger partial charge >= 0.3 is 0 Å². The maximum absolute atomic E-state index is 12.7. The fourth-order valence-electron chi connectivity index (χ4n) is 3.27. The molecule has 190 valence electrons. The number of ether oxygens (including phenoxy) is 4. The molecule has 0 aromatic heterocycles. The molecule has 36 heavy (non-hydrogen) atoms. The summed E-state index contributed by atoms with van der Waals surface area (Å²) in [5, 5.41) is 4.13. The molecular formula is C28H31IN2O5. The Morgan fingerprint density at radius 1 is 0.889 bits per heavy atom. The van der Waals surface area contributed by atoms with Crippen molar-refractivity contribution in [3.05, 3.63) is 80.9 Å². The zero-order valence-corrected chi connectivity index (χ0v) is 22.9. The number of halogens is 1. The molecule has 8 heteroatoms. The van der Waals surface area contributed by atoms with Gasteiger partial charge in [-0.3, -0.25) is 4.79 Å². The summed E-state index contributed by atoms with van der Waals surface area (Å²) >= 11 is 2.21. The van der Waals surface area contributed by atoms with Crippen LogP contribution in [0.3, 0.4) is 0 Å². The maximum Gasteiger partial charge on any atom is 0.271 e. The molecule has 0 bridgehead atoms. The zero-order valence-electron chi connectivity index (χ0n) is 20.8. The number of hydrogen-bond donors (Lipinski definition) is 1. The van der Waals surface area contributed by atoms with E-state index in [9.17, 15) is 4.79 Å². The highest BCUT2D eigenvalue weighted by atomic mass is 127. The molecule has 7 nitrogen and oxygen atoms in total. The first-order valence-corrected chi connectivity index (χ1v) is 13.0. The number of hydrazone groups is 1. The summed E-state index contributed by atoms with van der Waals surface area (Å²) in [5.41, 5.74) is 4.81. The molecule has 0 aliphatic carbocycles. The predicted molar refractivity (Wildman–Crippen MR) is 150 cm³/mol. The summed E-state index contributed by atoms with van der Waals surface area (Å²) in [5.74, 6) is 2.09. The first kappa shape index (κ1) is 27.3. The number of rotatable bonds is 13. The second-order valence-corrected chi connectivity index (χ2v) is 8.84. The van der Waals surface area contributed by atoms with E-state index in [1.165, 1.54) is 0 Å². The van der Waals surface area contributed by atoms with Gasteiger partial charge in [0.2, 0.25) is 0 Å². The third kappa shape index (κ3) is 7.87. The first-order valence-electron chi connectivity index (χ1n) is 11.9. The van der Waals surface area contributed by atoms with E-state index in [-0.39, 0.29) is 5.91 Å². The highest BCUT2D eigenvalue weighted by Gasteiger charge is 2.13. The molecule has 0 fully saturated rings. The fourth-order valence-corrected chi connectivity index (χ4v) is 4.05. The van der Waals surface area contributed by atoms with E-state index in [0.717, 1.165) is 26.9 Å². The van der Waals surface area contributed by atoms with Crippen LogP contribution in [-0.2, 0) is 6.61 Å². The van der Waals surface area contributed by atoms with Crippen molar-refractivity contribution in [3.63, 3.8) is 0 Å². The van der Waals surface area contributed by atoms with E-state index in [2.05, 4.69) is 40.0 Å². The molecular weight excluding hydrogens is 571 g/mol. The summed E-state index contributed by atoms with van der Waals surface area (Å²) in [7, 11) is 0. The maximum atomic E-state index is 12.7. The van der Waals surface area contributed by atoms with Gasteiger partial charge in [-0.1, -0.05) is 37.3 Å². The summed E-state index contributed by atoms with van der Waals surface area (Å²) < 4.78 is 24.1. The number of nitrogens with zero attached hydrogens (tertiary/aromatic N) is 1. The number of amides is 1. The molecule has 3 aromatic rings. The van der Waals surface area contributed by atoms with Crippen molar-refractivity contribution in [2.45, 2.75) is 33.8 Å². The van der Waals surface area contributed by atoms with Crippen molar-refractivity contribution in [1.29, 1.82) is 0 Å². The summed E-state index contributed by atoms with van der Waals surface area (Å²) in [4.78, 5) is 12.7. The van der Waals surface area contributed by atoms with Crippen molar-refractivity contribution in [3.8, 4) is 23.0 Å². The van der Waals surface area contributed by atoms with Gasteiger partial charge in [0.1, 0.15) is 6.61 Å². The van der Waals surface area contributed by atoms with Crippen LogP contribution in [0, 0.1) is 3.57 Å². The standard InChI is InChI=1S/C28H31IN2O5/c1-4-14-35-27-23(29)15-21(16-26(27)34-6-3)18-30-31-28(32)22-12-13-24(25(17-22)33-5-2)36-19-20-10-8-7-9-11-20/h7-13,15-18H,4-6,14,19H2,1-3H3,(H,31,32)/b30-18+. The topological polar surface area (TPSA) is 78.4 Å². The van der Waals surface area contributed by atoms with Crippen LogP contribution in [0.4, 0.5) is 0 Å². The minimum Gasteiger partial charge on any atom is -0.490 e. The lowest BCUT2D eigenvalue weighted by atomic mass is 10.2. The second kappa shape index (κ2) is 14.3. The Bertz CT molecular complexity index is 1170. The van der Waals surface area contributed by atoms with Gasteiger partial charge in [-0.05, 0) is 84.3 Å². The Morgan fingerprint density at radius 2 is 1.64 bits per heavy atom. The van der Waals surface area contributed by atoms with Crippen LogP contribution in [0.5, 0.6) is 23.0 Å². The van der Waals surface area contributed by atoms with E-state index >= 15 is 0 Å². The molecule has 0 aliphatic heterocycles. The monoisotopic (exact) mass is 602 g/mol. The third-order valence-electron chi connectivity index (χ3n) is 4.90. The molecule has 3 aromatic carbocycles. The van der Waals surface area contributed by atoms with Gasteiger partial charge in [0.05, 0.1) is 29.6 Å². The van der Waals surface area contributed by atoms with Crippen molar-refractivity contribution in [2.24, 2.45) is 5.10 Å². The highest BCUT2D eigenvalue weighted by molar-refractivity contribution is 14.1. The minimum absolute atomic E-state index is 0.357.